The van der Waals surface area contributed by atoms with Crippen LogP contribution in [0, 0.1) is 0 Å². The Kier molecular flexibility index (Phi) is 6.20. The molecule has 0 amide bonds. The second-order valence-electron chi connectivity index (χ2n) is 6.81. The highest BCUT2D eigenvalue weighted by atomic mass is 15.3. The molecule has 0 bridgehead atoms. The van der Waals surface area contributed by atoms with E-state index >= 15 is 0 Å². The Bertz CT molecular complexity index is 656. The zero-order valence-electron chi connectivity index (χ0n) is 15.3. The van der Waals surface area contributed by atoms with Gasteiger partial charge in [0.2, 0.25) is 0 Å². The van der Waals surface area contributed by atoms with Crippen LogP contribution in [0.1, 0.15) is 11.1 Å². The van der Waals surface area contributed by atoms with Gasteiger partial charge in [0.05, 0.1) is 0 Å². The van der Waals surface area contributed by atoms with E-state index in [0.29, 0.717) is 0 Å². The zero-order chi connectivity index (χ0) is 17.5. The first-order valence-corrected chi connectivity index (χ1v) is 8.99. The highest BCUT2D eigenvalue weighted by Crippen LogP contribution is 2.12. The lowest BCUT2D eigenvalue weighted by molar-refractivity contribution is 0.137. The SMILES string of the molecule is CN(C)c1ccc(CN2CCN(C/C=C/c3ccccc3)CC2)cn1. The van der Waals surface area contributed by atoms with Crippen LogP contribution >= 0.6 is 0 Å². The van der Waals surface area contributed by atoms with E-state index < -0.39 is 0 Å². The van der Waals surface area contributed by atoms with Crippen molar-refractivity contribution in [2.45, 2.75) is 6.54 Å². The van der Waals surface area contributed by atoms with Crippen LogP contribution < -0.4 is 4.90 Å². The molecule has 25 heavy (non-hydrogen) atoms. The molecule has 1 saturated heterocycles. The molecule has 1 aliphatic heterocycles. The highest BCUT2D eigenvalue weighted by molar-refractivity contribution is 5.48. The molecule has 132 valence electrons. The number of nitrogens with zero attached hydrogens (tertiary/aromatic N) is 4. The largest absolute Gasteiger partial charge is 0.363 e. The Morgan fingerprint density at radius 3 is 2.32 bits per heavy atom. The second-order valence-corrected chi connectivity index (χ2v) is 6.81. The standard InChI is InChI=1S/C21H28N4/c1-23(2)21-11-10-20(17-22-21)18-25-15-13-24(14-16-25)12-6-9-19-7-4-3-5-8-19/h3-11,17H,12-16,18H2,1-2H3/b9-6+. The normalized spacial score (nSPS) is 16.4. The maximum absolute atomic E-state index is 4.51. The van der Waals surface area contributed by atoms with Gasteiger partial charge in [0.15, 0.2) is 0 Å². The smallest absolute Gasteiger partial charge is 0.127 e. The Morgan fingerprint density at radius 1 is 0.960 bits per heavy atom. The van der Waals surface area contributed by atoms with Crippen LogP contribution in [0.4, 0.5) is 5.82 Å². The van der Waals surface area contributed by atoms with Gasteiger partial charge in [-0.25, -0.2) is 4.98 Å². The van der Waals surface area contributed by atoms with Gasteiger partial charge in [-0.05, 0) is 17.2 Å². The Balaban J connectivity index is 1.42. The molecule has 2 heterocycles. The minimum atomic E-state index is 0.994. The number of rotatable bonds is 6. The lowest BCUT2D eigenvalue weighted by Crippen LogP contribution is -2.45. The first-order chi connectivity index (χ1) is 12.2. The Labute approximate surface area is 151 Å². The van der Waals surface area contributed by atoms with E-state index in [-0.39, 0.29) is 0 Å². The Hall–Kier alpha value is -2.17. The zero-order valence-corrected chi connectivity index (χ0v) is 15.3. The summed E-state index contributed by atoms with van der Waals surface area (Å²) >= 11 is 0. The molecule has 1 aromatic heterocycles. The summed E-state index contributed by atoms with van der Waals surface area (Å²) in [6, 6.07) is 14.8. The average molecular weight is 336 g/mol. The summed E-state index contributed by atoms with van der Waals surface area (Å²) in [6.45, 7) is 6.52. The van der Waals surface area contributed by atoms with E-state index in [1.54, 1.807) is 0 Å². The highest BCUT2D eigenvalue weighted by Gasteiger charge is 2.16. The fraction of sp³-hybridized carbons (Fsp3) is 0.381. The third-order valence-corrected chi connectivity index (χ3v) is 4.61. The molecular weight excluding hydrogens is 308 g/mol. The number of benzene rings is 1. The van der Waals surface area contributed by atoms with Crippen molar-refractivity contribution in [1.29, 1.82) is 0 Å². The molecule has 1 fully saturated rings. The van der Waals surface area contributed by atoms with E-state index in [0.717, 1.165) is 45.1 Å². The summed E-state index contributed by atoms with van der Waals surface area (Å²) in [5.74, 6) is 1.01. The summed E-state index contributed by atoms with van der Waals surface area (Å²) in [5.41, 5.74) is 2.57. The van der Waals surface area contributed by atoms with Gasteiger partial charge in [-0.1, -0.05) is 48.6 Å². The number of anilines is 1. The number of piperazine rings is 1. The van der Waals surface area contributed by atoms with E-state index in [2.05, 4.69) is 69.4 Å². The van der Waals surface area contributed by atoms with Crippen LogP contribution in [0.15, 0.2) is 54.7 Å². The lowest BCUT2D eigenvalue weighted by Gasteiger charge is -2.34. The van der Waals surface area contributed by atoms with E-state index in [1.165, 1.54) is 11.1 Å². The first kappa shape index (κ1) is 17.6. The topological polar surface area (TPSA) is 22.6 Å². The van der Waals surface area contributed by atoms with Gasteiger partial charge in [-0.2, -0.15) is 0 Å². The van der Waals surface area contributed by atoms with Crippen molar-refractivity contribution in [2.24, 2.45) is 0 Å². The fourth-order valence-corrected chi connectivity index (χ4v) is 3.06. The van der Waals surface area contributed by atoms with Crippen molar-refractivity contribution in [2.75, 3.05) is 51.7 Å². The number of aromatic nitrogens is 1. The number of hydrogen-bond donors (Lipinski definition) is 0. The molecule has 1 aliphatic rings. The van der Waals surface area contributed by atoms with Gasteiger partial charge in [0.25, 0.3) is 0 Å². The Morgan fingerprint density at radius 2 is 1.68 bits per heavy atom. The van der Waals surface area contributed by atoms with Gasteiger partial charge in [-0.15, -0.1) is 0 Å². The van der Waals surface area contributed by atoms with Crippen molar-refractivity contribution in [1.82, 2.24) is 14.8 Å². The van der Waals surface area contributed by atoms with Crippen LogP contribution in [-0.2, 0) is 6.54 Å². The van der Waals surface area contributed by atoms with Crippen molar-refractivity contribution in [3.63, 3.8) is 0 Å². The van der Waals surface area contributed by atoms with Crippen LogP contribution in [0.2, 0.25) is 0 Å². The van der Waals surface area contributed by atoms with Crippen LogP contribution in [0.3, 0.4) is 0 Å². The molecule has 0 atom stereocenters. The van der Waals surface area contributed by atoms with Crippen molar-refractivity contribution >= 4 is 11.9 Å². The van der Waals surface area contributed by atoms with Crippen molar-refractivity contribution in [3.8, 4) is 0 Å². The van der Waals surface area contributed by atoms with Crippen molar-refractivity contribution in [3.05, 3.63) is 65.9 Å². The summed E-state index contributed by atoms with van der Waals surface area (Å²) in [6.07, 6.45) is 6.49. The van der Waals surface area contributed by atoms with E-state index in [1.807, 2.05) is 25.2 Å². The summed E-state index contributed by atoms with van der Waals surface area (Å²) < 4.78 is 0. The second kappa shape index (κ2) is 8.79. The average Bonchev–Trinajstić information content (AvgIpc) is 2.64. The maximum Gasteiger partial charge on any atom is 0.127 e. The molecule has 4 nitrogen and oxygen atoms in total. The quantitative estimate of drug-likeness (QED) is 0.809. The number of pyridine rings is 1. The fourth-order valence-electron chi connectivity index (χ4n) is 3.06. The van der Waals surface area contributed by atoms with Gasteiger partial charge < -0.3 is 4.90 Å². The van der Waals surface area contributed by atoms with Gasteiger partial charge in [-0.3, -0.25) is 9.80 Å². The molecule has 4 heteroatoms. The van der Waals surface area contributed by atoms with Crippen LogP contribution in [0.25, 0.3) is 6.08 Å². The van der Waals surface area contributed by atoms with Crippen molar-refractivity contribution < 1.29 is 0 Å². The van der Waals surface area contributed by atoms with Crippen LogP contribution in [0.5, 0.6) is 0 Å². The predicted octanol–water partition coefficient (Wildman–Crippen LogP) is 2.98. The van der Waals surface area contributed by atoms with E-state index in [9.17, 15) is 0 Å². The maximum atomic E-state index is 4.51. The third-order valence-electron chi connectivity index (χ3n) is 4.61. The molecule has 3 rings (SSSR count). The monoisotopic (exact) mass is 336 g/mol. The summed E-state index contributed by atoms with van der Waals surface area (Å²) in [7, 11) is 4.04. The first-order valence-electron chi connectivity index (χ1n) is 8.99. The molecule has 1 aromatic carbocycles. The lowest BCUT2D eigenvalue weighted by atomic mass is 10.2. The molecule has 0 unspecified atom stereocenters. The molecule has 0 aliphatic carbocycles. The molecule has 2 aromatic rings. The van der Waals surface area contributed by atoms with Gasteiger partial charge >= 0.3 is 0 Å². The molecule has 0 spiro atoms. The summed E-state index contributed by atoms with van der Waals surface area (Å²) in [4.78, 5) is 11.6. The third kappa shape index (κ3) is 5.41. The minimum absolute atomic E-state index is 0.994. The van der Waals surface area contributed by atoms with Gasteiger partial charge in [0, 0.05) is 59.6 Å². The van der Waals surface area contributed by atoms with Crippen LogP contribution in [-0.4, -0.2) is 61.6 Å². The summed E-state index contributed by atoms with van der Waals surface area (Å²) in [5, 5.41) is 0. The molecule has 0 saturated carbocycles. The molecular formula is C21H28N4. The van der Waals surface area contributed by atoms with Gasteiger partial charge in [0.1, 0.15) is 5.82 Å². The molecule has 0 radical (unpaired) electrons. The predicted molar refractivity (Wildman–Crippen MR) is 106 cm³/mol. The number of hydrogen-bond acceptors (Lipinski definition) is 4. The molecule has 0 N–H and O–H groups in total. The van der Waals surface area contributed by atoms with E-state index in [4.69, 9.17) is 0 Å². The minimum Gasteiger partial charge on any atom is -0.363 e.